The van der Waals surface area contributed by atoms with E-state index in [9.17, 15) is 4.39 Å². The van der Waals surface area contributed by atoms with E-state index in [1.165, 1.54) is 12.1 Å². The molecule has 0 radical (unpaired) electrons. The van der Waals surface area contributed by atoms with Crippen LogP contribution in [0.25, 0.3) is 11.4 Å². The standard InChI is InChI=1S/C18H15FN2O/c1-13-11-17(22-12-14-5-3-2-4-6-14)21-18(20-13)15-7-9-16(19)10-8-15/h2-11H,12H2,1H3. The summed E-state index contributed by atoms with van der Waals surface area (Å²) in [5.74, 6) is 0.760. The zero-order valence-corrected chi connectivity index (χ0v) is 12.2. The van der Waals surface area contributed by atoms with E-state index in [1.807, 2.05) is 37.3 Å². The maximum atomic E-state index is 13.0. The van der Waals surface area contributed by atoms with E-state index in [0.717, 1.165) is 16.8 Å². The Balaban J connectivity index is 1.82. The molecular formula is C18H15FN2O. The van der Waals surface area contributed by atoms with Gasteiger partial charge in [0.15, 0.2) is 5.82 Å². The second kappa shape index (κ2) is 6.35. The summed E-state index contributed by atoms with van der Waals surface area (Å²) >= 11 is 0. The Morgan fingerprint density at radius 3 is 2.41 bits per heavy atom. The molecule has 0 spiro atoms. The predicted octanol–water partition coefficient (Wildman–Crippen LogP) is 4.17. The third-order valence-electron chi connectivity index (χ3n) is 3.16. The van der Waals surface area contributed by atoms with Gasteiger partial charge in [-0.3, -0.25) is 0 Å². The molecule has 0 aliphatic rings. The Kier molecular flexibility index (Phi) is 4.10. The third-order valence-corrected chi connectivity index (χ3v) is 3.16. The first-order chi connectivity index (χ1) is 10.7. The summed E-state index contributed by atoms with van der Waals surface area (Å²) < 4.78 is 18.7. The molecule has 0 N–H and O–H groups in total. The molecule has 0 aliphatic carbocycles. The molecular weight excluding hydrogens is 279 g/mol. The smallest absolute Gasteiger partial charge is 0.217 e. The lowest BCUT2D eigenvalue weighted by Gasteiger charge is -2.08. The average Bonchev–Trinajstić information content (AvgIpc) is 2.54. The van der Waals surface area contributed by atoms with Crippen LogP contribution in [0.3, 0.4) is 0 Å². The number of aromatic nitrogens is 2. The van der Waals surface area contributed by atoms with E-state index in [2.05, 4.69) is 9.97 Å². The summed E-state index contributed by atoms with van der Waals surface area (Å²) in [7, 11) is 0. The van der Waals surface area contributed by atoms with Gasteiger partial charge in [-0.2, -0.15) is 4.98 Å². The molecule has 0 atom stereocenters. The lowest BCUT2D eigenvalue weighted by molar-refractivity contribution is 0.293. The summed E-state index contributed by atoms with van der Waals surface area (Å²) in [6.45, 7) is 2.32. The molecule has 1 heterocycles. The summed E-state index contributed by atoms with van der Waals surface area (Å²) in [5.41, 5.74) is 2.63. The van der Waals surface area contributed by atoms with Crippen LogP contribution in [0.4, 0.5) is 4.39 Å². The molecule has 4 heteroatoms. The topological polar surface area (TPSA) is 35.0 Å². The summed E-state index contributed by atoms with van der Waals surface area (Å²) in [6.07, 6.45) is 0. The Morgan fingerprint density at radius 2 is 1.68 bits per heavy atom. The Morgan fingerprint density at radius 1 is 0.955 bits per heavy atom. The van der Waals surface area contributed by atoms with E-state index in [0.29, 0.717) is 18.3 Å². The van der Waals surface area contributed by atoms with Crippen molar-refractivity contribution in [2.75, 3.05) is 0 Å². The number of aryl methyl sites for hydroxylation is 1. The van der Waals surface area contributed by atoms with Gasteiger partial charge in [-0.15, -0.1) is 0 Å². The Labute approximate surface area is 128 Å². The van der Waals surface area contributed by atoms with Crippen molar-refractivity contribution in [3.63, 3.8) is 0 Å². The molecule has 0 bridgehead atoms. The van der Waals surface area contributed by atoms with Crippen LogP contribution in [-0.2, 0) is 6.61 Å². The van der Waals surface area contributed by atoms with Crippen LogP contribution >= 0.6 is 0 Å². The van der Waals surface area contributed by atoms with E-state index in [4.69, 9.17) is 4.74 Å². The molecule has 22 heavy (non-hydrogen) atoms. The minimum absolute atomic E-state index is 0.281. The zero-order chi connectivity index (χ0) is 15.4. The summed E-state index contributed by atoms with van der Waals surface area (Å²) in [5, 5.41) is 0. The van der Waals surface area contributed by atoms with Gasteiger partial charge in [-0.1, -0.05) is 30.3 Å². The van der Waals surface area contributed by atoms with Crippen LogP contribution < -0.4 is 4.74 Å². The molecule has 0 unspecified atom stereocenters. The molecule has 3 aromatic rings. The van der Waals surface area contributed by atoms with Crippen LogP contribution in [0.2, 0.25) is 0 Å². The highest BCUT2D eigenvalue weighted by atomic mass is 19.1. The monoisotopic (exact) mass is 294 g/mol. The largest absolute Gasteiger partial charge is 0.473 e. The van der Waals surface area contributed by atoms with Gasteiger partial charge in [0.1, 0.15) is 12.4 Å². The van der Waals surface area contributed by atoms with Crippen molar-refractivity contribution in [1.29, 1.82) is 0 Å². The molecule has 0 saturated heterocycles. The van der Waals surface area contributed by atoms with Crippen LogP contribution in [0.1, 0.15) is 11.3 Å². The second-order valence-electron chi connectivity index (χ2n) is 4.95. The van der Waals surface area contributed by atoms with Gasteiger partial charge in [-0.05, 0) is 36.8 Å². The molecule has 3 rings (SSSR count). The number of rotatable bonds is 4. The lowest BCUT2D eigenvalue weighted by Crippen LogP contribution is -2.00. The van der Waals surface area contributed by atoms with Crippen LogP contribution in [0.15, 0.2) is 60.7 Å². The number of benzene rings is 2. The maximum absolute atomic E-state index is 13.0. The fourth-order valence-corrected chi connectivity index (χ4v) is 2.07. The van der Waals surface area contributed by atoms with E-state index < -0.39 is 0 Å². The van der Waals surface area contributed by atoms with Crippen LogP contribution in [0, 0.1) is 12.7 Å². The van der Waals surface area contributed by atoms with Crippen molar-refractivity contribution in [3.05, 3.63) is 77.7 Å². The minimum Gasteiger partial charge on any atom is -0.473 e. The zero-order valence-electron chi connectivity index (χ0n) is 12.2. The maximum Gasteiger partial charge on any atom is 0.217 e. The van der Waals surface area contributed by atoms with Crippen molar-refractivity contribution in [3.8, 4) is 17.3 Å². The second-order valence-corrected chi connectivity index (χ2v) is 4.95. The lowest BCUT2D eigenvalue weighted by atomic mass is 10.2. The molecule has 0 fully saturated rings. The first kappa shape index (κ1) is 14.2. The quantitative estimate of drug-likeness (QED) is 0.724. The van der Waals surface area contributed by atoms with Crippen molar-refractivity contribution in [2.45, 2.75) is 13.5 Å². The van der Waals surface area contributed by atoms with Crippen molar-refractivity contribution < 1.29 is 9.13 Å². The van der Waals surface area contributed by atoms with E-state index >= 15 is 0 Å². The average molecular weight is 294 g/mol. The minimum atomic E-state index is -0.281. The molecule has 110 valence electrons. The fraction of sp³-hybridized carbons (Fsp3) is 0.111. The van der Waals surface area contributed by atoms with Gasteiger partial charge in [0.2, 0.25) is 5.88 Å². The summed E-state index contributed by atoms with van der Waals surface area (Å²) in [6, 6.07) is 17.8. The first-order valence-corrected chi connectivity index (χ1v) is 6.99. The van der Waals surface area contributed by atoms with Crippen molar-refractivity contribution in [2.24, 2.45) is 0 Å². The highest BCUT2D eigenvalue weighted by Crippen LogP contribution is 2.20. The molecule has 3 nitrogen and oxygen atoms in total. The Bertz CT molecular complexity index is 758. The van der Waals surface area contributed by atoms with Crippen molar-refractivity contribution in [1.82, 2.24) is 9.97 Å². The third kappa shape index (κ3) is 3.47. The van der Waals surface area contributed by atoms with E-state index in [1.54, 1.807) is 18.2 Å². The Hall–Kier alpha value is -2.75. The number of halogens is 1. The SMILES string of the molecule is Cc1cc(OCc2ccccc2)nc(-c2ccc(F)cc2)n1. The van der Waals surface area contributed by atoms with Crippen LogP contribution in [0.5, 0.6) is 5.88 Å². The highest BCUT2D eigenvalue weighted by Gasteiger charge is 2.06. The number of hydrogen-bond donors (Lipinski definition) is 0. The molecule has 0 amide bonds. The number of nitrogens with zero attached hydrogens (tertiary/aromatic N) is 2. The molecule has 0 saturated carbocycles. The number of ether oxygens (including phenoxy) is 1. The normalized spacial score (nSPS) is 10.5. The summed E-state index contributed by atoms with van der Waals surface area (Å²) in [4.78, 5) is 8.77. The highest BCUT2D eigenvalue weighted by molar-refractivity contribution is 5.55. The molecule has 1 aromatic heterocycles. The van der Waals surface area contributed by atoms with Gasteiger partial charge in [0, 0.05) is 17.3 Å². The van der Waals surface area contributed by atoms with Gasteiger partial charge >= 0.3 is 0 Å². The van der Waals surface area contributed by atoms with Gasteiger partial charge < -0.3 is 4.74 Å². The number of hydrogen-bond acceptors (Lipinski definition) is 3. The first-order valence-electron chi connectivity index (χ1n) is 6.99. The molecule has 0 aliphatic heterocycles. The van der Waals surface area contributed by atoms with Gasteiger partial charge in [0.25, 0.3) is 0 Å². The van der Waals surface area contributed by atoms with Crippen LogP contribution in [-0.4, -0.2) is 9.97 Å². The van der Waals surface area contributed by atoms with Gasteiger partial charge in [0.05, 0.1) is 0 Å². The van der Waals surface area contributed by atoms with E-state index in [-0.39, 0.29) is 5.82 Å². The molecule has 2 aromatic carbocycles. The van der Waals surface area contributed by atoms with Gasteiger partial charge in [-0.25, -0.2) is 9.37 Å². The fourth-order valence-electron chi connectivity index (χ4n) is 2.07. The predicted molar refractivity (Wildman–Crippen MR) is 82.9 cm³/mol. The van der Waals surface area contributed by atoms with Crippen molar-refractivity contribution >= 4 is 0 Å².